The summed E-state index contributed by atoms with van der Waals surface area (Å²) in [7, 11) is 7.33. The van der Waals surface area contributed by atoms with E-state index in [2.05, 4.69) is 10.4 Å². The standard InChI is InChI=1S/C20H22N4O2/c1-23(2)16-10-8-15(9-11-16)21-20(25)19-13-18(22-24(19)3)14-6-5-7-17(12-14)26-4/h5-13H,1-4H3,(H,21,25). The van der Waals surface area contributed by atoms with Crippen molar-refractivity contribution in [2.45, 2.75) is 0 Å². The van der Waals surface area contributed by atoms with Crippen LogP contribution >= 0.6 is 0 Å². The molecule has 0 saturated carbocycles. The van der Waals surface area contributed by atoms with Gasteiger partial charge in [0, 0.05) is 38.1 Å². The van der Waals surface area contributed by atoms with Crippen LogP contribution in [-0.2, 0) is 7.05 Å². The highest BCUT2D eigenvalue weighted by Gasteiger charge is 2.15. The molecule has 0 spiro atoms. The first-order valence-electron chi connectivity index (χ1n) is 8.25. The minimum atomic E-state index is -0.202. The predicted molar refractivity (Wildman–Crippen MR) is 104 cm³/mol. The summed E-state index contributed by atoms with van der Waals surface area (Å²) in [6, 6.07) is 17.1. The first kappa shape index (κ1) is 17.5. The number of anilines is 2. The van der Waals surface area contributed by atoms with E-state index in [0.29, 0.717) is 5.69 Å². The normalized spacial score (nSPS) is 10.5. The van der Waals surface area contributed by atoms with E-state index in [1.54, 1.807) is 24.9 Å². The lowest BCUT2D eigenvalue weighted by Crippen LogP contribution is -2.16. The fraction of sp³-hybridized carbons (Fsp3) is 0.200. The zero-order valence-electron chi connectivity index (χ0n) is 15.4. The van der Waals surface area contributed by atoms with Gasteiger partial charge >= 0.3 is 0 Å². The van der Waals surface area contributed by atoms with Gasteiger partial charge in [-0.05, 0) is 42.5 Å². The van der Waals surface area contributed by atoms with E-state index in [1.807, 2.05) is 67.5 Å². The summed E-state index contributed by atoms with van der Waals surface area (Å²) in [6.45, 7) is 0. The Morgan fingerprint density at radius 3 is 2.50 bits per heavy atom. The number of aromatic nitrogens is 2. The Morgan fingerprint density at radius 2 is 1.85 bits per heavy atom. The molecule has 1 N–H and O–H groups in total. The van der Waals surface area contributed by atoms with Crippen LogP contribution in [0.2, 0.25) is 0 Å². The second-order valence-corrected chi connectivity index (χ2v) is 6.17. The molecule has 0 radical (unpaired) electrons. The molecule has 3 rings (SSSR count). The summed E-state index contributed by atoms with van der Waals surface area (Å²) in [5.74, 6) is 0.548. The lowest BCUT2D eigenvalue weighted by molar-refractivity contribution is 0.101. The van der Waals surface area contributed by atoms with Gasteiger partial charge in [0.05, 0.1) is 12.8 Å². The zero-order chi connectivity index (χ0) is 18.7. The van der Waals surface area contributed by atoms with Gasteiger partial charge in [0.2, 0.25) is 0 Å². The van der Waals surface area contributed by atoms with Gasteiger partial charge in [0.25, 0.3) is 5.91 Å². The Bertz CT molecular complexity index is 914. The molecule has 0 aliphatic heterocycles. The molecule has 6 nitrogen and oxygen atoms in total. The van der Waals surface area contributed by atoms with Crippen LogP contribution in [0.25, 0.3) is 11.3 Å². The van der Waals surface area contributed by atoms with Crippen LogP contribution in [0.5, 0.6) is 5.75 Å². The van der Waals surface area contributed by atoms with Crippen LogP contribution in [0.15, 0.2) is 54.6 Å². The molecule has 0 fully saturated rings. The Balaban J connectivity index is 1.80. The van der Waals surface area contributed by atoms with Crippen molar-refractivity contribution < 1.29 is 9.53 Å². The van der Waals surface area contributed by atoms with Crippen molar-refractivity contribution in [2.24, 2.45) is 7.05 Å². The van der Waals surface area contributed by atoms with Gasteiger partial charge in [0.1, 0.15) is 11.4 Å². The van der Waals surface area contributed by atoms with Crippen LogP contribution < -0.4 is 15.0 Å². The maximum Gasteiger partial charge on any atom is 0.273 e. The summed E-state index contributed by atoms with van der Waals surface area (Å²) in [5, 5.41) is 7.36. The van der Waals surface area contributed by atoms with E-state index in [9.17, 15) is 4.79 Å². The monoisotopic (exact) mass is 350 g/mol. The van der Waals surface area contributed by atoms with E-state index in [-0.39, 0.29) is 5.91 Å². The Hall–Kier alpha value is -3.28. The van der Waals surface area contributed by atoms with Gasteiger partial charge in [-0.1, -0.05) is 12.1 Å². The predicted octanol–water partition coefficient (Wildman–Crippen LogP) is 3.41. The maximum atomic E-state index is 12.6. The molecular weight excluding hydrogens is 328 g/mol. The third kappa shape index (κ3) is 3.69. The van der Waals surface area contributed by atoms with Crippen molar-refractivity contribution in [2.75, 3.05) is 31.4 Å². The third-order valence-electron chi connectivity index (χ3n) is 4.12. The fourth-order valence-corrected chi connectivity index (χ4v) is 2.64. The lowest BCUT2D eigenvalue weighted by atomic mass is 10.1. The molecule has 1 heterocycles. The van der Waals surface area contributed by atoms with Crippen LogP contribution in [0.1, 0.15) is 10.5 Å². The van der Waals surface area contributed by atoms with E-state index >= 15 is 0 Å². The van der Waals surface area contributed by atoms with Crippen molar-refractivity contribution in [3.8, 4) is 17.0 Å². The molecule has 0 aliphatic carbocycles. The van der Waals surface area contributed by atoms with Crippen LogP contribution in [0, 0.1) is 0 Å². The van der Waals surface area contributed by atoms with Crippen molar-refractivity contribution in [1.29, 1.82) is 0 Å². The number of benzene rings is 2. The quantitative estimate of drug-likeness (QED) is 0.766. The number of hydrogen-bond acceptors (Lipinski definition) is 4. The maximum absolute atomic E-state index is 12.6. The number of nitrogens with one attached hydrogen (secondary N) is 1. The largest absolute Gasteiger partial charge is 0.497 e. The topological polar surface area (TPSA) is 59.4 Å². The fourth-order valence-electron chi connectivity index (χ4n) is 2.64. The van der Waals surface area contributed by atoms with Gasteiger partial charge in [-0.25, -0.2) is 0 Å². The number of hydrogen-bond donors (Lipinski definition) is 1. The molecule has 26 heavy (non-hydrogen) atoms. The van der Waals surface area contributed by atoms with Crippen LogP contribution in [0.4, 0.5) is 11.4 Å². The number of carbonyl (C=O) groups is 1. The Kier molecular flexibility index (Phi) is 4.93. The molecule has 6 heteroatoms. The minimum Gasteiger partial charge on any atom is -0.497 e. The number of methoxy groups -OCH3 is 1. The highest BCUT2D eigenvalue weighted by Crippen LogP contribution is 2.24. The van der Waals surface area contributed by atoms with Crippen LogP contribution in [0.3, 0.4) is 0 Å². The highest BCUT2D eigenvalue weighted by molar-refractivity contribution is 6.03. The minimum absolute atomic E-state index is 0.202. The van der Waals surface area contributed by atoms with Gasteiger partial charge in [0.15, 0.2) is 0 Å². The van der Waals surface area contributed by atoms with E-state index in [4.69, 9.17) is 4.74 Å². The summed E-state index contributed by atoms with van der Waals surface area (Å²) in [5.41, 5.74) is 3.92. The van der Waals surface area contributed by atoms with Crippen LogP contribution in [-0.4, -0.2) is 36.9 Å². The number of rotatable bonds is 5. The lowest BCUT2D eigenvalue weighted by Gasteiger charge is -2.13. The molecule has 0 saturated heterocycles. The van der Waals surface area contributed by atoms with Crippen molar-refractivity contribution >= 4 is 17.3 Å². The van der Waals surface area contributed by atoms with E-state index in [1.165, 1.54) is 0 Å². The second-order valence-electron chi connectivity index (χ2n) is 6.17. The highest BCUT2D eigenvalue weighted by atomic mass is 16.5. The molecular formula is C20H22N4O2. The Labute approximate surface area is 153 Å². The molecule has 0 unspecified atom stereocenters. The smallest absolute Gasteiger partial charge is 0.273 e. The van der Waals surface area contributed by atoms with Gasteiger partial charge in [-0.2, -0.15) is 5.10 Å². The molecule has 3 aromatic rings. The summed E-state index contributed by atoms with van der Waals surface area (Å²) in [6.07, 6.45) is 0. The number of aryl methyl sites for hydroxylation is 1. The number of nitrogens with zero attached hydrogens (tertiary/aromatic N) is 3. The number of amides is 1. The number of carbonyl (C=O) groups excluding carboxylic acids is 1. The van der Waals surface area contributed by atoms with Gasteiger partial charge in [-0.15, -0.1) is 0 Å². The molecule has 1 aromatic heterocycles. The molecule has 2 aromatic carbocycles. The average Bonchev–Trinajstić information content (AvgIpc) is 3.04. The SMILES string of the molecule is COc1cccc(-c2cc(C(=O)Nc3ccc(N(C)C)cc3)n(C)n2)c1. The van der Waals surface area contributed by atoms with Gasteiger partial charge in [-0.3, -0.25) is 9.48 Å². The molecule has 134 valence electrons. The third-order valence-corrected chi connectivity index (χ3v) is 4.12. The summed E-state index contributed by atoms with van der Waals surface area (Å²) in [4.78, 5) is 14.6. The number of ether oxygens (including phenoxy) is 1. The molecule has 0 bridgehead atoms. The first-order chi connectivity index (χ1) is 12.5. The van der Waals surface area contributed by atoms with E-state index < -0.39 is 0 Å². The van der Waals surface area contributed by atoms with E-state index in [0.717, 1.165) is 28.4 Å². The van der Waals surface area contributed by atoms with Gasteiger partial charge < -0.3 is 15.0 Å². The summed E-state index contributed by atoms with van der Waals surface area (Å²) < 4.78 is 6.83. The first-order valence-corrected chi connectivity index (χ1v) is 8.25. The van der Waals surface area contributed by atoms with Crippen molar-refractivity contribution in [3.05, 3.63) is 60.3 Å². The molecule has 0 aliphatic rings. The van der Waals surface area contributed by atoms with Crippen molar-refractivity contribution in [1.82, 2.24) is 9.78 Å². The zero-order valence-corrected chi connectivity index (χ0v) is 15.4. The van der Waals surface area contributed by atoms with Crippen molar-refractivity contribution in [3.63, 3.8) is 0 Å². The summed E-state index contributed by atoms with van der Waals surface area (Å²) >= 11 is 0. The Morgan fingerprint density at radius 1 is 1.12 bits per heavy atom. The molecule has 0 atom stereocenters. The molecule has 1 amide bonds. The average molecular weight is 350 g/mol. The second kappa shape index (κ2) is 7.31.